The molecule has 1 atom stereocenters. The topological polar surface area (TPSA) is 55.1 Å². The van der Waals surface area contributed by atoms with Gasteiger partial charge in [0.25, 0.3) is 0 Å². The largest absolute Gasteiger partial charge is 0.355 e. The Hall–Kier alpha value is -1.27. The van der Waals surface area contributed by atoms with Crippen molar-refractivity contribution >= 4 is 11.5 Å². The number of aryl methyl sites for hydroxylation is 1. The smallest absolute Gasteiger partial charge is 0.180 e. The summed E-state index contributed by atoms with van der Waals surface area (Å²) < 4.78 is 9.66. The Kier molecular flexibility index (Phi) is 4.94. The third-order valence-corrected chi connectivity index (χ3v) is 6.25. The zero-order chi connectivity index (χ0) is 16.4. The van der Waals surface area contributed by atoms with Gasteiger partial charge in [-0.25, -0.2) is 0 Å². The standard InChI is InChI=1S/C18H26N4OS/c1-13-10-16(23-20-13)18-17(19-21-24-18)15-8-5-9-22(12-15)11-14-6-3-2-4-7-14/h10,14-15H,2-9,11-12H2,1H3/t15-/m0/s1. The zero-order valence-corrected chi connectivity index (χ0v) is 15.2. The summed E-state index contributed by atoms with van der Waals surface area (Å²) in [5, 5.41) is 8.48. The van der Waals surface area contributed by atoms with E-state index in [0.717, 1.165) is 34.5 Å². The number of nitrogens with zero attached hydrogens (tertiary/aromatic N) is 4. The van der Waals surface area contributed by atoms with Crippen molar-refractivity contribution in [2.45, 2.75) is 57.8 Å². The molecule has 0 spiro atoms. The van der Waals surface area contributed by atoms with Gasteiger partial charge < -0.3 is 9.42 Å². The molecule has 0 N–H and O–H groups in total. The van der Waals surface area contributed by atoms with Crippen LogP contribution in [0.15, 0.2) is 10.6 Å². The van der Waals surface area contributed by atoms with Gasteiger partial charge in [-0.3, -0.25) is 0 Å². The van der Waals surface area contributed by atoms with E-state index in [0.29, 0.717) is 5.92 Å². The SMILES string of the molecule is Cc1cc(-c2snnc2[C@H]2CCCN(CC3CCCCC3)C2)on1. The van der Waals surface area contributed by atoms with Crippen molar-refractivity contribution in [1.82, 2.24) is 19.6 Å². The van der Waals surface area contributed by atoms with Gasteiger partial charge in [0.1, 0.15) is 4.88 Å². The summed E-state index contributed by atoms with van der Waals surface area (Å²) in [4.78, 5) is 3.74. The summed E-state index contributed by atoms with van der Waals surface area (Å²) >= 11 is 1.43. The number of likely N-dealkylation sites (tertiary alicyclic amines) is 1. The molecule has 5 nitrogen and oxygen atoms in total. The Morgan fingerprint density at radius 1 is 1.21 bits per heavy atom. The van der Waals surface area contributed by atoms with Gasteiger partial charge in [0.2, 0.25) is 0 Å². The van der Waals surface area contributed by atoms with E-state index in [4.69, 9.17) is 4.52 Å². The molecule has 2 fully saturated rings. The molecule has 6 heteroatoms. The van der Waals surface area contributed by atoms with E-state index >= 15 is 0 Å². The molecule has 4 rings (SSSR count). The van der Waals surface area contributed by atoms with E-state index in [1.165, 1.54) is 69.6 Å². The lowest BCUT2D eigenvalue weighted by molar-refractivity contribution is 0.159. The fraction of sp³-hybridized carbons (Fsp3) is 0.722. The fourth-order valence-electron chi connectivity index (χ4n) is 4.29. The van der Waals surface area contributed by atoms with Crippen LogP contribution >= 0.6 is 11.5 Å². The van der Waals surface area contributed by atoms with Crippen LogP contribution in [0.4, 0.5) is 0 Å². The predicted molar refractivity (Wildman–Crippen MR) is 95.1 cm³/mol. The van der Waals surface area contributed by atoms with Crippen LogP contribution in [-0.4, -0.2) is 39.3 Å². The molecule has 1 aliphatic heterocycles. The van der Waals surface area contributed by atoms with Crippen molar-refractivity contribution in [3.8, 4) is 10.6 Å². The van der Waals surface area contributed by atoms with E-state index in [1.807, 2.05) is 13.0 Å². The van der Waals surface area contributed by atoms with E-state index in [9.17, 15) is 0 Å². The van der Waals surface area contributed by atoms with E-state index < -0.39 is 0 Å². The highest BCUT2D eigenvalue weighted by atomic mass is 32.1. The molecular formula is C18H26N4OS. The molecule has 0 aromatic carbocycles. The molecule has 130 valence electrons. The van der Waals surface area contributed by atoms with E-state index in [-0.39, 0.29) is 0 Å². The molecule has 0 radical (unpaired) electrons. The summed E-state index contributed by atoms with van der Waals surface area (Å²) in [6, 6.07) is 1.99. The Labute approximate surface area is 147 Å². The molecule has 1 aliphatic carbocycles. The first-order valence-corrected chi connectivity index (χ1v) is 10.0. The van der Waals surface area contributed by atoms with Crippen molar-refractivity contribution in [1.29, 1.82) is 0 Å². The molecule has 3 heterocycles. The second-order valence-corrected chi connectivity index (χ2v) is 8.18. The molecule has 2 aliphatic rings. The lowest BCUT2D eigenvalue weighted by atomic mass is 9.87. The highest BCUT2D eigenvalue weighted by Gasteiger charge is 2.29. The highest BCUT2D eigenvalue weighted by molar-refractivity contribution is 7.09. The highest BCUT2D eigenvalue weighted by Crippen LogP contribution is 2.36. The number of rotatable bonds is 4. The van der Waals surface area contributed by atoms with Gasteiger partial charge in [-0.1, -0.05) is 28.9 Å². The predicted octanol–water partition coefficient (Wildman–Crippen LogP) is 4.26. The minimum atomic E-state index is 0.474. The summed E-state index contributed by atoms with van der Waals surface area (Å²) in [6.45, 7) is 5.57. The molecule has 0 unspecified atom stereocenters. The fourth-order valence-corrected chi connectivity index (χ4v) is 4.98. The maximum Gasteiger partial charge on any atom is 0.180 e. The number of hydrogen-bond acceptors (Lipinski definition) is 6. The molecule has 0 bridgehead atoms. The molecular weight excluding hydrogens is 320 g/mol. The van der Waals surface area contributed by atoms with Crippen LogP contribution in [0.2, 0.25) is 0 Å². The maximum absolute atomic E-state index is 5.46. The lowest BCUT2D eigenvalue weighted by Gasteiger charge is -2.35. The third-order valence-electron chi connectivity index (χ3n) is 5.50. The quantitative estimate of drug-likeness (QED) is 0.828. The van der Waals surface area contributed by atoms with Crippen LogP contribution < -0.4 is 0 Å². The Morgan fingerprint density at radius 3 is 2.88 bits per heavy atom. The van der Waals surface area contributed by atoms with Crippen LogP contribution in [0.3, 0.4) is 0 Å². The maximum atomic E-state index is 5.46. The third kappa shape index (κ3) is 3.54. The first kappa shape index (κ1) is 16.2. The van der Waals surface area contributed by atoms with Gasteiger partial charge in [-0.15, -0.1) is 5.10 Å². The number of hydrogen-bond donors (Lipinski definition) is 0. The number of aromatic nitrogens is 3. The Morgan fingerprint density at radius 2 is 2.08 bits per heavy atom. The van der Waals surface area contributed by atoms with Gasteiger partial charge in [0, 0.05) is 25.1 Å². The summed E-state index contributed by atoms with van der Waals surface area (Å²) in [6.07, 6.45) is 9.57. The Bertz CT molecular complexity index is 662. The first-order chi connectivity index (χ1) is 11.8. The monoisotopic (exact) mass is 346 g/mol. The van der Waals surface area contributed by atoms with Crippen molar-refractivity contribution in [2.75, 3.05) is 19.6 Å². The second-order valence-electron chi connectivity index (χ2n) is 7.42. The first-order valence-electron chi connectivity index (χ1n) is 9.28. The molecule has 24 heavy (non-hydrogen) atoms. The van der Waals surface area contributed by atoms with Crippen molar-refractivity contribution in [2.24, 2.45) is 5.92 Å². The summed E-state index contributed by atoms with van der Waals surface area (Å²) in [5.41, 5.74) is 2.02. The Balaban J connectivity index is 1.45. The minimum Gasteiger partial charge on any atom is -0.355 e. The van der Waals surface area contributed by atoms with Gasteiger partial charge in [-0.2, -0.15) is 0 Å². The molecule has 1 saturated heterocycles. The van der Waals surface area contributed by atoms with E-state index in [1.54, 1.807) is 0 Å². The van der Waals surface area contributed by atoms with Crippen LogP contribution in [-0.2, 0) is 0 Å². The van der Waals surface area contributed by atoms with E-state index in [2.05, 4.69) is 19.6 Å². The molecule has 0 amide bonds. The molecule has 2 aromatic rings. The van der Waals surface area contributed by atoms with Gasteiger partial charge in [0.15, 0.2) is 5.76 Å². The van der Waals surface area contributed by atoms with Gasteiger partial charge >= 0.3 is 0 Å². The normalized spacial score (nSPS) is 23.6. The van der Waals surface area contributed by atoms with Crippen molar-refractivity contribution < 1.29 is 4.52 Å². The summed E-state index contributed by atoms with van der Waals surface area (Å²) in [7, 11) is 0. The van der Waals surface area contributed by atoms with Crippen LogP contribution in [0, 0.1) is 12.8 Å². The average Bonchev–Trinajstić information content (AvgIpc) is 3.24. The van der Waals surface area contributed by atoms with Gasteiger partial charge in [-0.05, 0) is 56.6 Å². The second kappa shape index (κ2) is 7.31. The minimum absolute atomic E-state index is 0.474. The van der Waals surface area contributed by atoms with Crippen LogP contribution in [0.5, 0.6) is 0 Å². The summed E-state index contributed by atoms with van der Waals surface area (Å²) in [5.74, 6) is 2.20. The average molecular weight is 347 g/mol. The molecule has 1 saturated carbocycles. The molecule has 2 aromatic heterocycles. The van der Waals surface area contributed by atoms with Crippen LogP contribution in [0.1, 0.15) is 62.3 Å². The van der Waals surface area contributed by atoms with Crippen molar-refractivity contribution in [3.63, 3.8) is 0 Å². The van der Waals surface area contributed by atoms with Crippen molar-refractivity contribution in [3.05, 3.63) is 17.5 Å². The van der Waals surface area contributed by atoms with Crippen LogP contribution in [0.25, 0.3) is 10.6 Å². The van der Waals surface area contributed by atoms with Gasteiger partial charge in [0.05, 0.1) is 11.4 Å². The zero-order valence-electron chi connectivity index (χ0n) is 14.4. The lowest BCUT2D eigenvalue weighted by Crippen LogP contribution is -2.38. The number of piperidine rings is 1.